The van der Waals surface area contributed by atoms with E-state index >= 15 is 0 Å². The molecule has 0 bridgehead atoms. The second-order valence-electron chi connectivity index (χ2n) is 8.20. The lowest BCUT2D eigenvalue weighted by Gasteiger charge is -2.47. The van der Waals surface area contributed by atoms with Gasteiger partial charge in [-0.05, 0) is 39.0 Å². The Morgan fingerprint density at radius 3 is 2.67 bits per heavy atom. The van der Waals surface area contributed by atoms with Gasteiger partial charge in [0.25, 0.3) is 0 Å². The fourth-order valence-corrected chi connectivity index (χ4v) is 4.64. The number of carbonyl (C=O) groups is 1. The Morgan fingerprint density at radius 1 is 1.21 bits per heavy atom. The van der Waals surface area contributed by atoms with Crippen molar-refractivity contribution in [3.63, 3.8) is 0 Å². The van der Waals surface area contributed by atoms with E-state index in [4.69, 9.17) is 0 Å². The highest BCUT2D eigenvalue weighted by molar-refractivity contribution is 5.74. The SMILES string of the molecule is C=C(C)CN1CCC(NC(=O)N2CC[C@@]3(O)CCCC[C@H]3C2)CC1. The van der Waals surface area contributed by atoms with Crippen molar-refractivity contribution in [2.45, 2.75) is 63.5 Å². The Hall–Kier alpha value is -1.07. The molecule has 2 atom stereocenters. The normalized spacial score (nSPS) is 32.2. The molecule has 1 saturated carbocycles. The number of carbonyl (C=O) groups excluding carboxylic acids is 1. The molecule has 2 amide bonds. The van der Waals surface area contributed by atoms with Crippen molar-refractivity contribution in [1.29, 1.82) is 0 Å². The van der Waals surface area contributed by atoms with Crippen LogP contribution < -0.4 is 5.32 Å². The summed E-state index contributed by atoms with van der Waals surface area (Å²) in [5, 5.41) is 14.0. The summed E-state index contributed by atoms with van der Waals surface area (Å²) in [7, 11) is 0. The third-order valence-corrected chi connectivity index (χ3v) is 6.12. The first-order chi connectivity index (χ1) is 11.5. The summed E-state index contributed by atoms with van der Waals surface area (Å²) in [5.74, 6) is 0.267. The van der Waals surface area contributed by atoms with Gasteiger partial charge in [-0.2, -0.15) is 0 Å². The van der Waals surface area contributed by atoms with Gasteiger partial charge in [0.1, 0.15) is 0 Å². The Morgan fingerprint density at radius 2 is 1.96 bits per heavy atom. The molecule has 2 heterocycles. The topological polar surface area (TPSA) is 55.8 Å². The molecule has 5 nitrogen and oxygen atoms in total. The molecule has 0 aromatic heterocycles. The van der Waals surface area contributed by atoms with Crippen LogP contribution in [0, 0.1) is 5.92 Å². The number of piperidine rings is 2. The van der Waals surface area contributed by atoms with Gasteiger partial charge in [-0.3, -0.25) is 4.90 Å². The molecule has 5 heteroatoms. The molecule has 0 spiro atoms. The van der Waals surface area contributed by atoms with Crippen LogP contribution in [0.2, 0.25) is 0 Å². The zero-order chi connectivity index (χ0) is 17.2. The molecule has 0 radical (unpaired) electrons. The van der Waals surface area contributed by atoms with Crippen molar-refractivity contribution in [1.82, 2.24) is 15.1 Å². The summed E-state index contributed by atoms with van der Waals surface area (Å²) in [6.45, 7) is 10.5. The van der Waals surface area contributed by atoms with Crippen molar-refractivity contribution in [2.24, 2.45) is 5.92 Å². The van der Waals surface area contributed by atoms with Crippen LogP contribution in [0.3, 0.4) is 0 Å². The summed E-state index contributed by atoms with van der Waals surface area (Å²) in [6, 6.07) is 0.354. The van der Waals surface area contributed by atoms with Crippen LogP contribution >= 0.6 is 0 Å². The van der Waals surface area contributed by atoms with Gasteiger partial charge in [0.2, 0.25) is 0 Å². The lowest BCUT2D eigenvalue weighted by Crippen LogP contribution is -2.58. The third-order valence-electron chi connectivity index (χ3n) is 6.12. The molecule has 3 aliphatic rings. The van der Waals surface area contributed by atoms with Gasteiger partial charge in [0, 0.05) is 44.7 Å². The highest BCUT2D eigenvalue weighted by Crippen LogP contribution is 2.39. The first-order valence-corrected chi connectivity index (χ1v) is 9.61. The van der Waals surface area contributed by atoms with E-state index in [2.05, 4.69) is 23.7 Å². The standard InChI is InChI=1S/C19H33N3O2/c1-15(2)13-21-10-6-17(7-11-21)20-18(23)22-12-9-19(24)8-4-3-5-16(19)14-22/h16-17,24H,1,3-14H2,2H3,(H,20,23)/t16-,19-/m0/s1. The second-order valence-corrected chi connectivity index (χ2v) is 8.20. The largest absolute Gasteiger partial charge is 0.389 e. The summed E-state index contributed by atoms with van der Waals surface area (Å²) in [6.07, 6.45) is 7.04. The summed E-state index contributed by atoms with van der Waals surface area (Å²) in [4.78, 5) is 17.0. The predicted octanol–water partition coefficient (Wildman–Crippen LogP) is 2.36. The molecule has 2 saturated heterocycles. The lowest BCUT2D eigenvalue weighted by atomic mass is 9.71. The molecule has 0 aromatic rings. The van der Waals surface area contributed by atoms with Crippen LogP contribution in [0.4, 0.5) is 4.79 Å². The van der Waals surface area contributed by atoms with Crippen LogP contribution in [-0.4, -0.2) is 65.3 Å². The average molecular weight is 335 g/mol. The Bertz CT molecular complexity index is 473. The van der Waals surface area contributed by atoms with E-state index in [1.165, 1.54) is 12.0 Å². The number of fused-ring (bicyclic) bond motifs is 1. The number of urea groups is 1. The molecule has 136 valence electrons. The zero-order valence-electron chi connectivity index (χ0n) is 15.1. The minimum absolute atomic E-state index is 0.0703. The van der Waals surface area contributed by atoms with E-state index in [0.717, 1.165) is 64.7 Å². The van der Waals surface area contributed by atoms with Crippen molar-refractivity contribution < 1.29 is 9.90 Å². The number of hydrogen-bond donors (Lipinski definition) is 2. The summed E-state index contributed by atoms with van der Waals surface area (Å²) >= 11 is 0. The van der Waals surface area contributed by atoms with Crippen LogP contribution in [0.5, 0.6) is 0 Å². The first kappa shape index (κ1) is 17.7. The molecule has 0 unspecified atom stereocenters. The summed E-state index contributed by atoms with van der Waals surface area (Å²) in [5.41, 5.74) is 0.689. The van der Waals surface area contributed by atoms with Crippen LogP contribution in [0.25, 0.3) is 0 Å². The summed E-state index contributed by atoms with van der Waals surface area (Å²) < 4.78 is 0. The minimum Gasteiger partial charge on any atom is -0.389 e. The first-order valence-electron chi connectivity index (χ1n) is 9.61. The monoisotopic (exact) mass is 335 g/mol. The maximum atomic E-state index is 12.6. The van der Waals surface area contributed by atoms with E-state index in [9.17, 15) is 9.90 Å². The fourth-order valence-electron chi connectivity index (χ4n) is 4.64. The number of nitrogens with one attached hydrogen (secondary N) is 1. The molecule has 3 fully saturated rings. The third kappa shape index (κ3) is 4.12. The van der Waals surface area contributed by atoms with E-state index in [1.807, 2.05) is 4.90 Å². The lowest BCUT2D eigenvalue weighted by molar-refractivity contribution is -0.0872. The van der Waals surface area contributed by atoms with Gasteiger partial charge in [0.05, 0.1) is 5.60 Å². The average Bonchev–Trinajstić information content (AvgIpc) is 2.55. The van der Waals surface area contributed by atoms with Crippen LogP contribution in [-0.2, 0) is 0 Å². The van der Waals surface area contributed by atoms with E-state index in [-0.39, 0.29) is 18.0 Å². The van der Waals surface area contributed by atoms with Crippen LogP contribution in [0.1, 0.15) is 51.9 Å². The Kier molecular flexibility index (Phi) is 5.50. The molecular formula is C19H33N3O2. The van der Waals surface area contributed by atoms with Gasteiger partial charge in [-0.25, -0.2) is 4.79 Å². The predicted molar refractivity (Wildman–Crippen MR) is 95.9 cm³/mol. The number of likely N-dealkylation sites (tertiary alicyclic amines) is 2. The van der Waals surface area contributed by atoms with Gasteiger partial charge in [-0.1, -0.05) is 25.0 Å². The number of rotatable bonds is 3. The number of aliphatic hydroxyl groups is 1. The highest BCUT2D eigenvalue weighted by Gasteiger charge is 2.43. The van der Waals surface area contributed by atoms with E-state index in [0.29, 0.717) is 6.54 Å². The molecule has 2 aliphatic heterocycles. The second kappa shape index (κ2) is 7.44. The zero-order valence-corrected chi connectivity index (χ0v) is 15.1. The van der Waals surface area contributed by atoms with Gasteiger partial charge < -0.3 is 15.3 Å². The quantitative estimate of drug-likeness (QED) is 0.779. The smallest absolute Gasteiger partial charge is 0.317 e. The van der Waals surface area contributed by atoms with Gasteiger partial charge in [0.15, 0.2) is 0 Å². The van der Waals surface area contributed by atoms with Gasteiger partial charge >= 0.3 is 6.03 Å². The molecule has 0 aromatic carbocycles. The molecule has 2 N–H and O–H groups in total. The van der Waals surface area contributed by atoms with Gasteiger partial charge in [-0.15, -0.1) is 0 Å². The molecule has 1 aliphatic carbocycles. The molecular weight excluding hydrogens is 302 g/mol. The fraction of sp³-hybridized carbons (Fsp3) is 0.842. The van der Waals surface area contributed by atoms with E-state index < -0.39 is 5.60 Å². The van der Waals surface area contributed by atoms with E-state index in [1.54, 1.807) is 0 Å². The van der Waals surface area contributed by atoms with Crippen molar-refractivity contribution in [2.75, 3.05) is 32.7 Å². The van der Waals surface area contributed by atoms with Crippen molar-refractivity contribution in [3.05, 3.63) is 12.2 Å². The number of nitrogens with zero attached hydrogens (tertiary/aromatic N) is 2. The molecule has 3 rings (SSSR count). The van der Waals surface area contributed by atoms with Crippen molar-refractivity contribution >= 4 is 6.03 Å². The Labute approximate surface area is 146 Å². The Balaban J connectivity index is 1.45. The maximum Gasteiger partial charge on any atom is 0.317 e. The van der Waals surface area contributed by atoms with Crippen molar-refractivity contribution in [3.8, 4) is 0 Å². The van der Waals surface area contributed by atoms with Crippen LogP contribution in [0.15, 0.2) is 12.2 Å². The number of hydrogen-bond acceptors (Lipinski definition) is 3. The minimum atomic E-state index is -0.511. The molecule has 24 heavy (non-hydrogen) atoms. The highest BCUT2D eigenvalue weighted by atomic mass is 16.3. The maximum absolute atomic E-state index is 12.6. The number of amides is 2.